The summed E-state index contributed by atoms with van der Waals surface area (Å²) >= 11 is 0. The number of hydrogen-bond donors (Lipinski definition) is 1. The zero-order valence-corrected chi connectivity index (χ0v) is 10.3. The predicted octanol–water partition coefficient (Wildman–Crippen LogP) is 2.83. The van der Waals surface area contributed by atoms with Gasteiger partial charge in [0, 0.05) is 19.3 Å². The first-order valence-electron chi connectivity index (χ1n) is 5.95. The van der Waals surface area contributed by atoms with E-state index in [0.29, 0.717) is 6.04 Å². The van der Waals surface area contributed by atoms with Gasteiger partial charge in [-0.2, -0.15) is 0 Å². The van der Waals surface area contributed by atoms with Gasteiger partial charge < -0.3 is 10.1 Å². The fraction of sp³-hybridized carbons (Fsp3) is 1.00. The maximum absolute atomic E-state index is 5.33. The Morgan fingerprint density at radius 2 is 1.86 bits per heavy atom. The fourth-order valence-electron chi connectivity index (χ4n) is 1.54. The van der Waals surface area contributed by atoms with E-state index < -0.39 is 0 Å². The quantitative estimate of drug-likeness (QED) is 0.579. The molecule has 2 nitrogen and oxygen atoms in total. The number of nitrogens with one attached hydrogen (secondary N) is 1. The Kier molecular flexibility index (Phi) is 9.42. The van der Waals surface area contributed by atoms with Gasteiger partial charge in [-0.3, -0.25) is 0 Å². The van der Waals surface area contributed by atoms with Crippen LogP contribution in [0.25, 0.3) is 0 Å². The molecule has 0 aliphatic heterocycles. The van der Waals surface area contributed by atoms with E-state index in [1.807, 2.05) is 6.92 Å². The Morgan fingerprint density at radius 3 is 2.36 bits per heavy atom. The SMILES string of the molecule is CCOCCCC(CCC(C)C)NC. The molecule has 0 bridgehead atoms. The summed E-state index contributed by atoms with van der Waals surface area (Å²) < 4.78 is 5.33. The zero-order valence-electron chi connectivity index (χ0n) is 10.3. The summed E-state index contributed by atoms with van der Waals surface area (Å²) in [5.74, 6) is 0.817. The van der Waals surface area contributed by atoms with Crippen molar-refractivity contribution in [2.45, 2.75) is 52.5 Å². The lowest BCUT2D eigenvalue weighted by atomic mass is 10.0. The van der Waals surface area contributed by atoms with Crippen LogP contribution in [0.2, 0.25) is 0 Å². The van der Waals surface area contributed by atoms with Gasteiger partial charge in [-0.05, 0) is 45.6 Å². The highest BCUT2D eigenvalue weighted by Crippen LogP contribution is 2.10. The Balaban J connectivity index is 3.38. The molecule has 1 atom stereocenters. The summed E-state index contributed by atoms with van der Waals surface area (Å²) in [7, 11) is 2.06. The Labute approximate surface area is 89.4 Å². The molecule has 0 rings (SSSR count). The van der Waals surface area contributed by atoms with Crippen molar-refractivity contribution < 1.29 is 4.74 Å². The van der Waals surface area contributed by atoms with Crippen LogP contribution in [0.3, 0.4) is 0 Å². The van der Waals surface area contributed by atoms with E-state index in [2.05, 4.69) is 26.2 Å². The number of ether oxygens (including phenoxy) is 1. The van der Waals surface area contributed by atoms with Crippen molar-refractivity contribution in [1.29, 1.82) is 0 Å². The molecule has 0 fully saturated rings. The van der Waals surface area contributed by atoms with Gasteiger partial charge in [0.2, 0.25) is 0 Å². The molecule has 0 saturated heterocycles. The molecule has 0 heterocycles. The van der Waals surface area contributed by atoms with Crippen LogP contribution in [-0.2, 0) is 4.74 Å². The van der Waals surface area contributed by atoms with Crippen LogP contribution in [0.15, 0.2) is 0 Å². The van der Waals surface area contributed by atoms with Crippen LogP contribution < -0.4 is 5.32 Å². The summed E-state index contributed by atoms with van der Waals surface area (Å²) in [6.07, 6.45) is 5.03. The van der Waals surface area contributed by atoms with Crippen molar-refractivity contribution in [3.8, 4) is 0 Å². The van der Waals surface area contributed by atoms with Crippen molar-refractivity contribution >= 4 is 0 Å². The molecule has 2 heteroatoms. The summed E-state index contributed by atoms with van der Waals surface area (Å²) in [5, 5.41) is 3.38. The van der Waals surface area contributed by atoms with Gasteiger partial charge in [-0.25, -0.2) is 0 Å². The van der Waals surface area contributed by atoms with Crippen molar-refractivity contribution in [1.82, 2.24) is 5.32 Å². The van der Waals surface area contributed by atoms with E-state index in [-0.39, 0.29) is 0 Å². The molecular weight excluding hydrogens is 174 g/mol. The molecule has 0 saturated carbocycles. The molecular formula is C12H27NO. The first-order valence-corrected chi connectivity index (χ1v) is 5.95. The van der Waals surface area contributed by atoms with Gasteiger partial charge in [0.05, 0.1) is 0 Å². The zero-order chi connectivity index (χ0) is 10.8. The molecule has 14 heavy (non-hydrogen) atoms. The third-order valence-electron chi connectivity index (χ3n) is 2.55. The summed E-state index contributed by atoms with van der Waals surface area (Å²) in [5.41, 5.74) is 0. The van der Waals surface area contributed by atoms with Crippen LogP contribution in [0.1, 0.15) is 46.5 Å². The van der Waals surface area contributed by atoms with E-state index in [1.165, 1.54) is 25.7 Å². The highest BCUT2D eigenvalue weighted by atomic mass is 16.5. The molecule has 0 aliphatic carbocycles. The van der Waals surface area contributed by atoms with Gasteiger partial charge in [-0.1, -0.05) is 13.8 Å². The Morgan fingerprint density at radius 1 is 1.14 bits per heavy atom. The standard InChI is InChI=1S/C12H27NO/c1-5-14-10-6-7-12(13-4)9-8-11(2)3/h11-13H,5-10H2,1-4H3. The summed E-state index contributed by atoms with van der Waals surface area (Å²) in [6.45, 7) is 8.38. The molecule has 0 aromatic heterocycles. The average Bonchev–Trinajstić information content (AvgIpc) is 2.16. The molecule has 1 unspecified atom stereocenters. The normalized spacial score (nSPS) is 13.5. The van der Waals surface area contributed by atoms with Crippen LogP contribution >= 0.6 is 0 Å². The van der Waals surface area contributed by atoms with Crippen LogP contribution in [-0.4, -0.2) is 26.3 Å². The van der Waals surface area contributed by atoms with Crippen LogP contribution in [0, 0.1) is 5.92 Å². The Hall–Kier alpha value is -0.0800. The Bertz CT molecular complexity index is 115. The second-order valence-corrected chi connectivity index (χ2v) is 4.30. The van der Waals surface area contributed by atoms with Crippen LogP contribution in [0.4, 0.5) is 0 Å². The van der Waals surface area contributed by atoms with Crippen molar-refractivity contribution in [3.05, 3.63) is 0 Å². The van der Waals surface area contributed by atoms with Crippen molar-refractivity contribution in [2.75, 3.05) is 20.3 Å². The van der Waals surface area contributed by atoms with Crippen molar-refractivity contribution in [3.63, 3.8) is 0 Å². The molecule has 0 amide bonds. The maximum atomic E-state index is 5.33. The topological polar surface area (TPSA) is 21.3 Å². The minimum absolute atomic E-state index is 0.679. The smallest absolute Gasteiger partial charge is 0.0466 e. The maximum Gasteiger partial charge on any atom is 0.0466 e. The highest BCUT2D eigenvalue weighted by molar-refractivity contribution is 4.65. The summed E-state index contributed by atoms with van der Waals surface area (Å²) in [6, 6.07) is 0.679. The monoisotopic (exact) mass is 201 g/mol. The van der Waals surface area contributed by atoms with Gasteiger partial charge in [0.25, 0.3) is 0 Å². The lowest BCUT2D eigenvalue weighted by molar-refractivity contribution is 0.140. The number of rotatable bonds is 9. The highest BCUT2D eigenvalue weighted by Gasteiger charge is 2.06. The minimum atomic E-state index is 0.679. The van der Waals surface area contributed by atoms with Crippen LogP contribution in [0.5, 0.6) is 0 Å². The second-order valence-electron chi connectivity index (χ2n) is 4.30. The van der Waals surface area contributed by atoms with E-state index in [4.69, 9.17) is 4.74 Å². The van der Waals surface area contributed by atoms with Crippen molar-refractivity contribution in [2.24, 2.45) is 5.92 Å². The molecule has 0 radical (unpaired) electrons. The van der Waals surface area contributed by atoms with E-state index in [0.717, 1.165) is 19.1 Å². The molecule has 86 valence electrons. The predicted molar refractivity (Wildman–Crippen MR) is 62.6 cm³/mol. The minimum Gasteiger partial charge on any atom is -0.382 e. The van der Waals surface area contributed by atoms with Gasteiger partial charge >= 0.3 is 0 Å². The van der Waals surface area contributed by atoms with E-state index in [1.54, 1.807) is 0 Å². The molecule has 1 N–H and O–H groups in total. The summed E-state index contributed by atoms with van der Waals surface area (Å²) in [4.78, 5) is 0. The third-order valence-corrected chi connectivity index (χ3v) is 2.55. The molecule has 0 aromatic carbocycles. The fourth-order valence-corrected chi connectivity index (χ4v) is 1.54. The lowest BCUT2D eigenvalue weighted by Crippen LogP contribution is -2.25. The third kappa shape index (κ3) is 8.52. The molecule has 0 aromatic rings. The first kappa shape index (κ1) is 13.9. The molecule has 0 spiro atoms. The second kappa shape index (κ2) is 9.47. The van der Waals surface area contributed by atoms with E-state index >= 15 is 0 Å². The first-order chi connectivity index (χ1) is 6.70. The molecule has 0 aliphatic rings. The van der Waals surface area contributed by atoms with Gasteiger partial charge in [0.15, 0.2) is 0 Å². The largest absolute Gasteiger partial charge is 0.382 e. The van der Waals surface area contributed by atoms with Gasteiger partial charge in [-0.15, -0.1) is 0 Å². The number of hydrogen-bond acceptors (Lipinski definition) is 2. The average molecular weight is 201 g/mol. The van der Waals surface area contributed by atoms with Gasteiger partial charge in [0.1, 0.15) is 0 Å². The lowest BCUT2D eigenvalue weighted by Gasteiger charge is -2.17. The van der Waals surface area contributed by atoms with E-state index in [9.17, 15) is 0 Å².